The monoisotopic (exact) mass is 248 g/mol. The van der Waals surface area contributed by atoms with Crippen LogP contribution in [0.4, 0.5) is 5.69 Å². The van der Waals surface area contributed by atoms with E-state index in [-0.39, 0.29) is 6.04 Å². The van der Waals surface area contributed by atoms with Crippen LogP contribution >= 0.6 is 11.3 Å². The lowest BCUT2D eigenvalue weighted by Gasteiger charge is -2.17. The summed E-state index contributed by atoms with van der Waals surface area (Å²) in [5.41, 5.74) is 8.04. The number of rotatable bonds is 5. The van der Waals surface area contributed by atoms with Gasteiger partial charge in [-0.3, -0.25) is 0 Å². The molecule has 0 aliphatic carbocycles. The number of hydrogen-bond donors (Lipinski definition) is 2. The van der Waals surface area contributed by atoms with Crippen LogP contribution in [0.3, 0.4) is 0 Å². The molecule has 0 spiro atoms. The smallest absolute Gasteiger partial charge is 0.120 e. The molecule has 0 saturated carbocycles. The Morgan fingerprint density at radius 2 is 2.29 bits per heavy atom. The lowest BCUT2D eigenvalue weighted by atomic mass is 10.1. The van der Waals surface area contributed by atoms with Crippen LogP contribution in [-0.4, -0.2) is 13.7 Å². The minimum atomic E-state index is 0.147. The quantitative estimate of drug-likeness (QED) is 0.855. The summed E-state index contributed by atoms with van der Waals surface area (Å²) in [6.07, 6.45) is 0. The molecule has 1 aromatic carbocycles. The normalized spacial score (nSPS) is 12.1. The zero-order valence-electron chi connectivity index (χ0n) is 9.72. The molecule has 0 fully saturated rings. The molecule has 0 amide bonds. The first-order valence-corrected chi connectivity index (χ1v) is 6.40. The molecule has 4 heteroatoms. The summed E-state index contributed by atoms with van der Waals surface area (Å²) in [7, 11) is 1.67. The molecule has 0 aliphatic rings. The molecule has 3 nitrogen and oxygen atoms in total. The minimum Gasteiger partial charge on any atom is -0.497 e. The number of nitrogens with two attached hydrogens (primary N) is 1. The van der Waals surface area contributed by atoms with Gasteiger partial charge in [0.1, 0.15) is 5.75 Å². The number of methoxy groups -OCH3 is 1. The summed E-state index contributed by atoms with van der Waals surface area (Å²) in [6, 6.07) is 10.1. The van der Waals surface area contributed by atoms with Gasteiger partial charge in [0.05, 0.1) is 13.2 Å². The fourth-order valence-corrected chi connectivity index (χ4v) is 2.38. The van der Waals surface area contributed by atoms with Crippen molar-refractivity contribution in [1.82, 2.24) is 0 Å². The van der Waals surface area contributed by atoms with Crippen LogP contribution in [-0.2, 0) is 0 Å². The largest absolute Gasteiger partial charge is 0.497 e. The van der Waals surface area contributed by atoms with Crippen LogP contribution in [0.25, 0.3) is 0 Å². The molecular formula is C13H16N2OS. The Balaban J connectivity index is 2.13. The molecule has 90 valence electrons. The predicted octanol–water partition coefficient (Wildman–Crippen LogP) is 2.87. The number of hydrogen-bond acceptors (Lipinski definition) is 4. The van der Waals surface area contributed by atoms with Crippen LogP contribution in [0.5, 0.6) is 5.75 Å². The Labute approximate surface area is 105 Å². The van der Waals surface area contributed by atoms with Gasteiger partial charge in [-0.25, -0.2) is 0 Å². The average Bonchev–Trinajstić information content (AvgIpc) is 2.90. The molecule has 0 radical (unpaired) electrons. The van der Waals surface area contributed by atoms with Gasteiger partial charge in [-0.2, -0.15) is 11.3 Å². The first-order chi connectivity index (χ1) is 8.33. The maximum Gasteiger partial charge on any atom is 0.120 e. The van der Waals surface area contributed by atoms with E-state index < -0.39 is 0 Å². The van der Waals surface area contributed by atoms with Crippen molar-refractivity contribution in [3.8, 4) is 5.75 Å². The first kappa shape index (κ1) is 12.0. The maximum absolute atomic E-state index is 5.79. The zero-order chi connectivity index (χ0) is 12.1. The summed E-state index contributed by atoms with van der Waals surface area (Å²) < 4.78 is 5.19. The van der Waals surface area contributed by atoms with Gasteiger partial charge in [0.2, 0.25) is 0 Å². The highest BCUT2D eigenvalue weighted by molar-refractivity contribution is 7.08. The van der Waals surface area contributed by atoms with E-state index in [1.54, 1.807) is 18.4 Å². The topological polar surface area (TPSA) is 47.3 Å². The summed E-state index contributed by atoms with van der Waals surface area (Å²) in [5.74, 6) is 0.844. The van der Waals surface area contributed by atoms with Gasteiger partial charge in [0.15, 0.2) is 0 Å². The lowest BCUT2D eigenvalue weighted by Crippen LogP contribution is -2.19. The second kappa shape index (κ2) is 5.70. The van der Waals surface area contributed by atoms with Gasteiger partial charge in [-0.1, -0.05) is 6.07 Å². The molecule has 0 saturated heterocycles. The second-order valence-electron chi connectivity index (χ2n) is 3.72. The second-order valence-corrected chi connectivity index (χ2v) is 4.50. The van der Waals surface area contributed by atoms with Crippen LogP contribution < -0.4 is 15.8 Å². The van der Waals surface area contributed by atoms with Gasteiger partial charge < -0.3 is 15.8 Å². The number of benzene rings is 1. The average molecular weight is 248 g/mol. The molecule has 0 bridgehead atoms. The predicted molar refractivity (Wildman–Crippen MR) is 72.7 cm³/mol. The summed E-state index contributed by atoms with van der Waals surface area (Å²) in [5, 5.41) is 7.58. The SMILES string of the molecule is COc1cccc(NC(CN)c2ccsc2)c1. The fraction of sp³-hybridized carbons (Fsp3) is 0.231. The number of ether oxygens (including phenoxy) is 1. The molecule has 1 aromatic heterocycles. The molecule has 1 atom stereocenters. The van der Waals surface area contributed by atoms with Crippen molar-refractivity contribution < 1.29 is 4.74 Å². The van der Waals surface area contributed by atoms with Gasteiger partial charge in [-0.15, -0.1) is 0 Å². The Morgan fingerprint density at radius 3 is 2.94 bits per heavy atom. The molecule has 17 heavy (non-hydrogen) atoms. The Hall–Kier alpha value is -1.52. The maximum atomic E-state index is 5.79. The van der Waals surface area contributed by atoms with Crippen molar-refractivity contribution in [2.75, 3.05) is 19.0 Å². The van der Waals surface area contributed by atoms with Crippen LogP contribution in [0.1, 0.15) is 11.6 Å². The lowest BCUT2D eigenvalue weighted by molar-refractivity contribution is 0.415. The number of nitrogens with one attached hydrogen (secondary N) is 1. The number of thiophene rings is 1. The standard InChI is InChI=1S/C13H16N2OS/c1-16-12-4-2-3-11(7-12)15-13(8-14)10-5-6-17-9-10/h2-7,9,13,15H,8,14H2,1H3. The van der Waals surface area contributed by atoms with Crippen molar-refractivity contribution in [2.24, 2.45) is 5.73 Å². The molecule has 3 N–H and O–H groups in total. The van der Waals surface area contributed by atoms with Crippen LogP contribution in [0.15, 0.2) is 41.1 Å². The fourth-order valence-electron chi connectivity index (χ4n) is 1.67. The Kier molecular flexibility index (Phi) is 4.01. The first-order valence-electron chi connectivity index (χ1n) is 5.46. The van der Waals surface area contributed by atoms with E-state index in [0.29, 0.717) is 6.54 Å². The van der Waals surface area contributed by atoms with E-state index in [4.69, 9.17) is 10.5 Å². The van der Waals surface area contributed by atoms with Crippen molar-refractivity contribution in [3.63, 3.8) is 0 Å². The van der Waals surface area contributed by atoms with Crippen molar-refractivity contribution in [2.45, 2.75) is 6.04 Å². The summed E-state index contributed by atoms with van der Waals surface area (Å²) in [6.45, 7) is 0.563. The molecule has 1 heterocycles. The third-order valence-corrected chi connectivity index (χ3v) is 3.29. The molecule has 2 aromatic rings. The Bertz CT molecular complexity index is 456. The van der Waals surface area contributed by atoms with E-state index in [2.05, 4.69) is 22.1 Å². The summed E-state index contributed by atoms with van der Waals surface area (Å²) in [4.78, 5) is 0. The highest BCUT2D eigenvalue weighted by atomic mass is 32.1. The summed E-state index contributed by atoms with van der Waals surface area (Å²) >= 11 is 1.68. The Morgan fingerprint density at radius 1 is 1.41 bits per heavy atom. The van der Waals surface area contributed by atoms with Crippen LogP contribution in [0, 0.1) is 0 Å². The van der Waals surface area contributed by atoms with Gasteiger partial charge in [-0.05, 0) is 34.5 Å². The highest BCUT2D eigenvalue weighted by Gasteiger charge is 2.09. The van der Waals surface area contributed by atoms with E-state index in [0.717, 1.165) is 11.4 Å². The molecule has 2 rings (SSSR count). The van der Waals surface area contributed by atoms with Crippen molar-refractivity contribution >= 4 is 17.0 Å². The van der Waals surface area contributed by atoms with E-state index in [1.165, 1.54) is 5.56 Å². The van der Waals surface area contributed by atoms with Gasteiger partial charge in [0.25, 0.3) is 0 Å². The molecule has 0 aliphatic heterocycles. The van der Waals surface area contributed by atoms with E-state index >= 15 is 0 Å². The third-order valence-electron chi connectivity index (χ3n) is 2.59. The van der Waals surface area contributed by atoms with Gasteiger partial charge in [0, 0.05) is 18.3 Å². The zero-order valence-corrected chi connectivity index (χ0v) is 10.5. The van der Waals surface area contributed by atoms with Gasteiger partial charge >= 0.3 is 0 Å². The van der Waals surface area contributed by atoms with Crippen LogP contribution in [0.2, 0.25) is 0 Å². The highest BCUT2D eigenvalue weighted by Crippen LogP contribution is 2.23. The minimum absolute atomic E-state index is 0.147. The van der Waals surface area contributed by atoms with Crippen molar-refractivity contribution in [3.05, 3.63) is 46.7 Å². The number of anilines is 1. The molecule has 1 unspecified atom stereocenters. The van der Waals surface area contributed by atoms with E-state index in [1.807, 2.05) is 24.3 Å². The van der Waals surface area contributed by atoms with Crippen molar-refractivity contribution in [1.29, 1.82) is 0 Å². The molecular weight excluding hydrogens is 232 g/mol. The van der Waals surface area contributed by atoms with E-state index in [9.17, 15) is 0 Å². The third kappa shape index (κ3) is 2.99.